The van der Waals surface area contributed by atoms with Crippen molar-refractivity contribution in [2.24, 2.45) is 11.8 Å². The molecule has 0 heterocycles. The van der Waals surface area contributed by atoms with E-state index in [1.54, 1.807) is 0 Å². The van der Waals surface area contributed by atoms with Gasteiger partial charge in [0.25, 0.3) is 0 Å². The van der Waals surface area contributed by atoms with Gasteiger partial charge in [0.1, 0.15) is 0 Å². The Kier molecular flexibility index (Phi) is 1.84. The van der Waals surface area contributed by atoms with Gasteiger partial charge in [-0.05, 0) is 30.2 Å². The summed E-state index contributed by atoms with van der Waals surface area (Å²) in [6.07, 6.45) is 5.96. The molecule has 0 aromatic rings. The Morgan fingerprint density at radius 3 is 2.18 bits per heavy atom. The van der Waals surface area contributed by atoms with E-state index in [1.807, 2.05) is 0 Å². The van der Waals surface area contributed by atoms with Crippen LogP contribution in [-0.2, 0) is 0 Å². The van der Waals surface area contributed by atoms with Gasteiger partial charge in [-0.3, -0.25) is 0 Å². The van der Waals surface area contributed by atoms with E-state index in [9.17, 15) is 0 Å². The summed E-state index contributed by atoms with van der Waals surface area (Å²) in [7, 11) is -1.31. The van der Waals surface area contributed by atoms with Crippen LogP contribution in [0.3, 0.4) is 0 Å². The van der Waals surface area contributed by atoms with Gasteiger partial charge in [-0.25, -0.2) is 0 Å². The zero-order valence-corrected chi connectivity index (χ0v) is 9.19. The quantitative estimate of drug-likeness (QED) is 0.436. The van der Waals surface area contributed by atoms with E-state index in [0.717, 1.165) is 17.4 Å². The zero-order valence-electron chi connectivity index (χ0n) is 7.44. The van der Waals surface area contributed by atoms with Gasteiger partial charge in [0.2, 0.25) is 0 Å². The molecule has 0 aliphatic heterocycles. The second-order valence-electron chi connectivity index (χ2n) is 4.85. The molecule has 0 aromatic heterocycles. The van der Waals surface area contributed by atoms with Crippen molar-refractivity contribution in [2.45, 2.75) is 44.3 Å². The lowest BCUT2D eigenvalue weighted by molar-refractivity contribution is 0.472. The lowest BCUT2D eigenvalue weighted by atomic mass is 10.0. The van der Waals surface area contributed by atoms with Crippen LogP contribution in [-0.4, -0.2) is 7.38 Å². The van der Waals surface area contributed by atoms with Crippen LogP contribution < -0.4 is 0 Å². The van der Waals surface area contributed by atoms with E-state index in [0.29, 0.717) is 0 Å². The molecule has 2 aliphatic rings. The van der Waals surface area contributed by atoms with Crippen molar-refractivity contribution >= 4 is 18.5 Å². The average Bonchev–Trinajstić information content (AvgIpc) is 2.42. The first-order chi connectivity index (χ1) is 5.07. The fourth-order valence-electron chi connectivity index (χ4n) is 3.09. The third kappa shape index (κ3) is 1.38. The monoisotopic (exact) mass is 188 g/mol. The first-order valence-corrected chi connectivity index (χ1v) is 8.85. The van der Waals surface area contributed by atoms with Crippen molar-refractivity contribution in [3.63, 3.8) is 0 Å². The predicted molar refractivity (Wildman–Crippen MR) is 52.5 cm³/mol. The van der Waals surface area contributed by atoms with Crippen LogP contribution in [0.25, 0.3) is 0 Å². The van der Waals surface area contributed by atoms with E-state index in [-0.39, 0.29) is 0 Å². The molecule has 0 saturated heterocycles. The topological polar surface area (TPSA) is 0 Å². The van der Waals surface area contributed by atoms with E-state index < -0.39 is 7.38 Å². The van der Waals surface area contributed by atoms with Crippen molar-refractivity contribution in [2.75, 3.05) is 0 Å². The molecule has 0 amide bonds. The predicted octanol–water partition coefficient (Wildman–Crippen LogP) is 3.62. The fourth-order valence-corrected chi connectivity index (χ4v) is 6.20. The summed E-state index contributed by atoms with van der Waals surface area (Å²) >= 11 is 6.47. The Labute approximate surface area is 75.0 Å². The molecule has 2 saturated carbocycles. The van der Waals surface area contributed by atoms with Crippen molar-refractivity contribution in [1.29, 1.82) is 0 Å². The van der Waals surface area contributed by atoms with Crippen molar-refractivity contribution in [3.8, 4) is 0 Å². The molecule has 1 unspecified atom stereocenters. The lowest BCUT2D eigenvalue weighted by Gasteiger charge is -2.29. The number of rotatable bonds is 1. The highest BCUT2D eigenvalue weighted by Gasteiger charge is 2.46. The third-order valence-corrected chi connectivity index (χ3v) is 6.93. The maximum absolute atomic E-state index is 6.47. The molecule has 3 atom stereocenters. The Hall–Kier alpha value is 0.507. The van der Waals surface area contributed by atoms with Gasteiger partial charge in [-0.1, -0.05) is 25.9 Å². The Bertz CT molecular complexity index is 161. The second-order valence-corrected chi connectivity index (χ2v) is 11.6. The first kappa shape index (κ1) is 8.12. The number of halogens is 1. The number of hydrogen-bond donors (Lipinski definition) is 0. The average molecular weight is 189 g/mol. The highest BCUT2D eigenvalue weighted by Crippen LogP contribution is 2.56. The summed E-state index contributed by atoms with van der Waals surface area (Å²) in [5.74, 6) is 2.09. The summed E-state index contributed by atoms with van der Waals surface area (Å²) in [5.41, 5.74) is 0.947. The minimum absolute atomic E-state index is 0.947. The minimum Gasteiger partial charge on any atom is -0.167 e. The molecule has 2 fully saturated rings. The molecule has 11 heavy (non-hydrogen) atoms. The first-order valence-electron chi connectivity index (χ1n) is 4.76. The summed E-state index contributed by atoms with van der Waals surface area (Å²) in [5, 5.41) is 0. The molecule has 0 spiro atoms. The van der Waals surface area contributed by atoms with E-state index in [2.05, 4.69) is 13.1 Å². The molecule has 0 nitrogen and oxygen atoms in total. The summed E-state index contributed by atoms with van der Waals surface area (Å²) in [6, 6.07) is 0. The van der Waals surface area contributed by atoms with E-state index in [1.165, 1.54) is 25.7 Å². The smallest absolute Gasteiger partial charge is 0.153 e. The van der Waals surface area contributed by atoms with Gasteiger partial charge in [-0.2, -0.15) is 11.1 Å². The van der Waals surface area contributed by atoms with Crippen LogP contribution in [0, 0.1) is 11.8 Å². The van der Waals surface area contributed by atoms with E-state index >= 15 is 0 Å². The van der Waals surface area contributed by atoms with Crippen molar-refractivity contribution in [3.05, 3.63) is 0 Å². The number of fused-ring (bicyclic) bond motifs is 2. The molecular weight excluding hydrogens is 172 g/mol. The van der Waals surface area contributed by atoms with Crippen molar-refractivity contribution < 1.29 is 0 Å². The molecule has 0 radical (unpaired) electrons. The van der Waals surface area contributed by atoms with Gasteiger partial charge in [0, 0.05) is 0 Å². The molecule has 2 rings (SSSR count). The van der Waals surface area contributed by atoms with Crippen LogP contribution in [0.5, 0.6) is 0 Å². The van der Waals surface area contributed by atoms with E-state index in [4.69, 9.17) is 11.1 Å². The van der Waals surface area contributed by atoms with Gasteiger partial charge in [-0.15, -0.1) is 0 Å². The Balaban J connectivity index is 2.08. The molecule has 2 bridgehead atoms. The van der Waals surface area contributed by atoms with Gasteiger partial charge < -0.3 is 0 Å². The molecule has 64 valence electrons. The highest BCUT2D eigenvalue weighted by molar-refractivity contribution is 7.19. The van der Waals surface area contributed by atoms with Crippen LogP contribution in [0.15, 0.2) is 0 Å². The Morgan fingerprint density at radius 2 is 1.91 bits per heavy atom. The van der Waals surface area contributed by atoms with Crippen LogP contribution in [0.4, 0.5) is 0 Å². The standard InChI is InChI=1S/C9H17ClSi/c1-11(2,10)9-6-7-3-4-8(9)5-7/h7-9H,3-6H2,1-2H3/t7-,8+,9?/m0/s1. The summed E-state index contributed by atoms with van der Waals surface area (Å²) in [4.78, 5) is 0. The second kappa shape index (κ2) is 2.50. The largest absolute Gasteiger partial charge is 0.167 e. The fraction of sp³-hybridized carbons (Fsp3) is 1.00. The molecular formula is C9H17ClSi. The van der Waals surface area contributed by atoms with Crippen LogP contribution >= 0.6 is 11.1 Å². The Morgan fingerprint density at radius 1 is 1.18 bits per heavy atom. The van der Waals surface area contributed by atoms with Gasteiger partial charge in [0.15, 0.2) is 7.38 Å². The lowest BCUT2D eigenvalue weighted by Crippen LogP contribution is -2.29. The summed E-state index contributed by atoms with van der Waals surface area (Å²) in [6.45, 7) is 4.64. The molecule has 0 aromatic carbocycles. The summed E-state index contributed by atoms with van der Waals surface area (Å²) < 4.78 is 0. The maximum atomic E-state index is 6.47. The SMILES string of the molecule is C[Si](C)(Cl)C1C[C@H]2CC[C@@H]1C2. The van der Waals surface area contributed by atoms with Crippen LogP contribution in [0.2, 0.25) is 18.6 Å². The third-order valence-electron chi connectivity index (χ3n) is 3.62. The minimum atomic E-state index is -1.31. The zero-order chi connectivity index (χ0) is 8.06. The molecule has 2 aliphatic carbocycles. The van der Waals surface area contributed by atoms with Gasteiger partial charge in [0.05, 0.1) is 0 Å². The molecule has 2 heteroatoms. The maximum Gasteiger partial charge on any atom is 0.153 e. The normalized spacial score (nSPS) is 43.4. The number of hydrogen-bond acceptors (Lipinski definition) is 0. The van der Waals surface area contributed by atoms with Gasteiger partial charge >= 0.3 is 0 Å². The van der Waals surface area contributed by atoms with Crippen LogP contribution in [0.1, 0.15) is 25.7 Å². The highest BCUT2D eigenvalue weighted by atomic mass is 35.6. The van der Waals surface area contributed by atoms with Crippen molar-refractivity contribution in [1.82, 2.24) is 0 Å². The molecule has 0 N–H and O–H groups in total.